The number of aliphatic imine (C=N–C) groups is 1. The Morgan fingerprint density at radius 2 is 1.81 bits per heavy atom. The summed E-state index contributed by atoms with van der Waals surface area (Å²) in [6, 6.07) is 7.57. The molecule has 9 heteroatoms. The Morgan fingerprint density at radius 3 is 2.50 bits per heavy atom. The molecule has 0 saturated carbocycles. The van der Waals surface area contributed by atoms with Crippen molar-refractivity contribution in [3.63, 3.8) is 0 Å². The fourth-order valence-corrected chi connectivity index (χ4v) is 4.47. The number of allylic oxidation sites excluding steroid dienone is 1. The predicted molar refractivity (Wildman–Crippen MR) is 124 cm³/mol. The molecule has 0 radical (unpaired) electrons. The van der Waals surface area contributed by atoms with Crippen molar-refractivity contribution in [1.82, 2.24) is 10.2 Å². The molecule has 8 nitrogen and oxygen atoms in total. The van der Waals surface area contributed by atoms with Gasteiger partial charge >= 0.3 is 5.97 Å². The monoisotopic (exact) mass is 459 g/mol. The molecule has 1 atom stereocenters. The smallest absolute Gasteiger partial charge is 0.338 e. The molecule has 172 valence electrons. The summed E-state index contributed by atoms with van der Waals surface area (Å²) in [7, 11) is 3.15. The maximum Gasteiger partial charge on any atom is 0.338 e. The van der Waals surface area contributed by atoms with Crippen LogP contribution in [-0.4, -0.2) is 62.5 Å². The molecule has 0 fully saturated rings. The Morgan fingerprint density at radius 1 is 1.09 bits per heavy atom. The zero-order valence-electron chi connectivity index (χ0n) is 18.8. The van der Waals surface area contributed by atoms with Gasteiger partial charge in [0.05, 0.1) is 36.9 Å². The van der Waals surface area contributed by atoms with Crippen molar-refractivity contribution >= 4 is 28.8 Å². The van der Waals surface area contributed by atoms with E-state index in [1.165, 1.54) is 11.8 Å². The first-order valence-corrected chi connectivity index (χ1v) is 11.3. The Kier molecular flexibility index (Phi) is 8.49. The minimum atomic E-state index is -0.439. The summed E-state index contributed by atoms with van der Waals surface area (Å²) in [5.74, 6) is -0.554. The minimum Gasteiger partial charge on any atom is -0.460 e. The van der Waals surface area contributed by atoms with Crippen LogP contribution in [0.15, 0.2) is 51.6 Å². The van der Waals surface area contributed by atoms with E-state index in [1.54, 1.807) is 14.2 Å². The molecule has 0 bridgehead atoms. The second-order valence-corrected chi connectivity index (χ2v) is 8.29. The van der Waals surface area contributed by atoms with Crippen molar-refractivity contribution in [2.75, 3.05) is 40.6 Å². The summed E-state index contributed by atoms with van der Waals surface area (Å²) in [4.78, 5) is 32.2. The lowest BCUT2D eigenvalue weighted by Gasteiger charge is -2.36. The van der Waals surface area contributed by atoms with Crippen LogP contribution >= 0.6 is 11.8 Å². The van der Waals surface area contributed by atoms with Crippen molar-refractivity contribution in [3.05, 3.63) is 57.8 Å². The summed E-state index contributed by atoms with van der Waals surface area (Å²) >= 11 is 1.45. The highest BCUT2D eigenvalue weighted by atomic mass is 32.2. The summed E-state index contributed by atoms with van der Waals surface area (Å²) in [6.07, 6.45) is 0.170. The van der Waals surface area contributed by atoms with Gasteiger partial charge in [-0.15, -0.1) is 0 Å². The van der Waals surface area contributed by atoms with Gasteiger partial charge in [-0.3, -0.25) is 4.79 Å². The highest BCUT2D eigenvalue weighted by Crippen LogP contribution is 2.44. The topological polar surface area (TPSA) is 89.5 Å². The van der Waals surface area contributed by atoms with E-state index in [2.05, 4.69) is 10.3 Å². The number of amidine groups is 1. The first-order valence-electron chi connectivity index (χ1n) is 10.4. The lowest BCUT2D eigenvalue weighted by molar-refractivity contribution is -0.141. The third kappa shape index (κ3) is 5.59. The molecule has 1 aromatic carbocycles. The summed E-state index contributed by atoms with van der Waals surface area (Å²) in [6.45, 7) is 5.18. The van der Waals surface area contributed by atoms with Crippen LogP contribution in [0.5, 0.6) is 0 Å². The maximum atomic E-state index is 13.1. The number of nitrogens with one attached hydrogen (secondary N) is 1. The number of rotatable bonds is 10. The van der Waals surface area contributed by atoms with E-state index in [4.69, 9.17) is 14.2 Å². The Balaban J connectivity index is 1.92. The number of carbonyl (C=O) groups is 2. The molecule has 1 unspecified atom stereocenters. The molecule has 2 aliphatic heterocycles. The standard InChI is InChI=1S/C23H29N3O5S/c1-15-5-7-17(8-6-15)21-20(22(28)31-12-11-30-4)16(2)25-23-26(21)18(14-32-23)13-19(27)24-9-10-29-3/h5-8,14,21H,9-13H2,1-4H3,(H,24,27). The summed E-state index contributed by atoms with van der Waals surface area (Å²) < 4.78 is 15.5. The molecule has 1 N–H and O–H groups in total. The second kappa shape index (κ2) is 11.3. The van der Waals surface area contributed by atoms with E-state index < -0.39 is 12.0 Å². The third-order valence-electron chi connectivity index (χ3n) is 5.10. The Labute approximate surface area is 192 Å². The Bertz CT molecular complexity index is 939. The van der Waals surface area contributed by atoms with Gasteiger partial charge in [0.15, 0.2) is 5.17 Å². The maximum absolute atomic E-state index is 13.1. The minimum absolute atomic E-state index is 0.117. The molecular formula is C23H29N3O5S. The molecule has 2 heterocycles. The number of amides is 1. The van der Waals surface area contributed by atoms with Crippen molar-refractivity contribution in [1.29, 1.82) is 0 Å². The number of ether oxygens (including phenoxy) is 3. The van der Waals surface area contributed by atoms with Crippen molar-refractivity contribution < 1.29 is 23.8 Å². The largest absolute Gasteiger partial charge is 0.460 e. The molecule has 32 heavy (non-hydrogen) atoms. The van der Waals surface area contributed by atoms with Gasteiger partial charge in [-0.25, -0.2) is 9.79 Å². The van der Waals surface area contributed by atoms with Crippen molar-refractivity contribution in [2.45, 2.75) is 26.3 Å². The van der Waals surface area contributed by atoms with Gasteiger partial charge in [-0.2, -0.15) is 0 Å². The number of carbonyl (C=O) groups excluding carboxylic acids is 2. The van der Waals surface area contributed by atoms with E-state index in [9.17, 15) is 9.59 Å². The molecule has 3 rings (SSSR count). The van der Waals surface area contributed by atoms with Crippen LogP contribution in [0, 0.1) is 6.92 Å². The average Bonchev–Trinajstić information content (AvgIpc) is 3.15. The van der Waals surface area contributed by atoms with E-state index in [1.807, 2.05) is 48.4 Å². The molecule has 0 spiro atoms. The number of methoxy groups -OCH3 is 2. The number of benzene rings is 1. The van der Waals surface area contributed by atoms with Crippen LogP contribution in [0.3, 0.4) is 0 Å². The van der Waals surface area contributed by atoms with Crippen LogP contribution in [0.2, 0.25) is 0 Å². The molecule has 1 amide bonds. The fraction of sp³-hybridized carbons (Fsp3) is 0.435. The first kappa shape index (κ1) is 24.0. The molecular weight excluding hydrogens is 430 g/mol. The number of thioether (sulfide) groups is 1. The van der Waals surface area contributed by atoms with Crippen molar-refractivity contribution in [3.8, 4) is 0 Å². The second-order valence-electron chi connectivity index (χ2n) is 7.45. The number of esters is 1. The normalized spacial score (nSPS) is 17.6. The first-order chi connectivity index (χ1) is 15.5. The molecule has 2 aliphatic rings. The van der Waals surface area contributed by atoms with Crippen LogP contribution in [0.1, 0.15) is 30.5 Å². The highest BCUT2D eigenvalue weighted by molar-refractivity contribution is 8.16. The molecule has 1 aromatic rings. The molecule has 0 aliphatic carbocycles. The molecule has 0 saturated heterocycles. The van der Waals surface area contributed by atoms with Gasteiger partial charge < -0.3 is 24.4 Å². The van der Waals surface area contributed by atoms with Gasteiger partial charge in [0.1, 0.15) is 6.61 Å². The van der Waals surface area contributed by atoms with Crippen LogP contribution in [-0.2, 0) is 23.8 Å². The number of fused-ring (bicyclic) bond motifs is 1. The SMILES string of the molecule is COCCNC(=O)CC1=CSC2=NC(C)=C(C(=O)OCCOC)C(c3ccc(C)cc3)N12. The highest BCUT2D eigenvalue weighted by Gasteiger charge is 2.41. The van der Waals surface area contributed by atoms with E-state index >= 15 is 0 Å². The Hall–Kier alpha value is -2.62. The van der Waals surface area contributed by atoms with Crippen LogP contribution < -0.4 is 5.32 Å². The zero-order chi connectivity index (χ0) is 23.1. The van der Waals surface area contributed by atoms with Crippen LogP contribution in [0.4, 0.5) is 0 Å². The van der Waals surface area contributed by atoms with Gasteiger partial charge in [0.25, 0.3) is 0 Å². The van der Waals surface area contributed by atoms with Gasteiger partial charge in [0, 0.05) is 26.5 Å². The molecule has 0 aromatic heterocycles. The summed E-state index contributed by atoms with van der Waals surface area (Å²) in [5.41, 5.74) is 3.89. The average molecular weight is 460 g/mol. The zero-order valence-corrected chi connectivity index (χ0v) is 19.7. The lowest BCUT2D eigenvalue weighted by Crippen LogP contribution is -2.38. The van der Waals surface area contributed by atoms with E-state index in [-0.39, 0.29) is 18.9 Å². The fourth-order valence-electron chi connectivity index (χ4n) is 3.51. The van der Waals surface area contributed by atoms with E-state index in [0.717, 1.165) is 22.0 Å². The number of hydrogen-bond donors (Lipinski definition) is 1. The third-order valence-corrected chi connectivity index (χ3v) is 5.99. The lowest BCUT2D eigenvalue weighted by atomic mass is 9.93. The van der Waals surface area contributed by atoms with Gasteiger partial charge in [-0.05, 0) is 24.8 Å². The van der Waals surface area contributed by atoms with E-state index in [0.29, 0.717) is 31.0 Å². The van der Waals surface area contributed by atoms with Gasteiger partial charge in [-0.1, -0.05) is 41.6 Å². The quantitative estimate of drug-likeness (QED) is 0.425. The number of hydrogen-bond acceptors (Lipinski definition) is 8. The number of aryl methyl sites for hydroxylation is 1. The number of nitrogens with zero attached hydrogens (tertiary/aromatic N) is 2. The van der Waals surface area contributed by atoms with Crippen molar-refractivity contribution in [2.24, 2.45) is 4.99 Å². The van der Waals surface area contributed by atoms with Crippen LogP contribution in [0.25, 0.3) is 0 Å². The van der Waals surface area contributed by atoms with Gasteiger partial charge in [0.2, 0.25) is 5.91 Å². The summed E-state index contributed by atoms with van der Waals surface area (Å²) in [5, 5.41) is 5.50. The predicted octanol–water partition coefficient (Wildman–Crippen LogP) is 2.91.